The quantitative estimate of drug-likeness (QED) is 0.404. The van der Waals surface area contributed by atoms with Gasteiger partial charge in [0.25, 0.3) is 5.91 Å². The van der Waals surface area contributed by atoms with E-state index in [1.165, 1.54) is 6.07 Å². The predicted molar refractivity (Wildman–Crippen MR) is 112 cm³/mol. The molecule has 0 aliphatic heterocycles. The fraction of sp³-hybridized carbons (Fsp3) is 0.0952. The zero-order valence-electron chi connectivity index (χ0n) is 14.9. The molecule has 0 heterocycles. The molecule has 0 saturated carbocycles. The normalized spacial score (nSPS) is 10.3. The van der Waals surface area contributed by atoms with Gasteiger partial charge in [-0.25, -0.2) is 0 Å². The molecular weight excluding hydrogens is 374 g/mol. The van der Waals surface area contributed by atoms with E-state index in [0.717, 1.165) is 16.3 Å². The van der Waals surface area contributed by atoms with Crippen LogP contribution >= 0.6 is 12.2 Å². The third-order valence-corrected chi connectivity index (χ3v) is 4.34. The molecule has 3 rings (SSSR count). The molecule has 0 radical (unpaired) electrons. The number of aromatic hydroxyl groups is 1. The highest BCUT2D eigenvalue weighted by molar-refractivity contribution is 7.80. The van der Waals surface area contributed by atoms with Gasteiger partial charge in [0.1, 0.15) is 5.75 Å². The first-order valence-corrected chi connectivity index (χ1v) is 9.09. The molecule has 4 N–H and O–H groups in total. The molecule has 7 heteroatoms. The SMILES string of the molecule is O=C(CCc1ccccc1)NC(=S)NNC(=O)c1cc2ccccc2cc1O. The molecule has 0 saturated heterocycles. The van der Waals surface area contributed by atoms with Gasteiger partial charge in [-0.1, -0.05) is 54.6 Å². The van der Waals surface area contributed by atoms with Crippen molar-refractivity contribution >= 4 is 39.9 Å². The van der Waals surface area contributed by atoms with Crippen LogP contribution in [0.15, 0.2) is 66.7 Å². The maximum atomic E-state index is 12.3. The first-order valence-electron chi connectivity index (χ1n) is 8.69. The van der Waals surface area contributed by atoms with E-state index >= 15 is 0 Å². The Bertz CT molecular complexity index is 1020. The van der Waals surface area contributed by atoms with Crippen molar-refractivity contribution in [1.82, 2.24) is 16.2 Å². The number of amides is 2. The minimum Gasteiger partial charge on any atom is -0.507 e. The highest BCUT2D eigenvalue weighted by Crippen LogP contribution is 2.24. The van der Waals surface area contributed by atoms with Crippen molar-refractivity contribution in [1.29, 1.82) is 0 Å². The maximum Gasteiger partial charge on any atom is 0.273 e. The lowest BCUT2D eigenvalue weighted by Crippen LogP contribution is -2.48. The number of nitrogens with one attached hydrogen (secondary N) is 3. The lowest BCUT2D eigenvalue weighted by Gasteiger charge is -2.12. The highest BCUT2D eigenvalue weighted by atomic mass is 32.1. The molecule has 0 aromatic heterocycles. The zero-order valence-corrected chi connectivity index (χ0v) is 15.8. The van der Waals surface area contributed by atoms with Gasteiger partial charge in [0.05, 0.1) is 5.56 Å². The van der Waals surface area contributed by atoms with Crippen molar-refractivity contribution in [2.24, 2.45) is 0 Å². The number of hydrogen-bond donors (Lipinski definition) is 4. The molecule has 3 aromatic rings. The van der Waals surface area contributed by atoms with Crippen molar-refractivity contribution in [2.45, 2.75) is 12.8 Å². The Labute approximate surface area is 167 Å². The summed E-state index contributed by atoms with van der Waals surface area (Å²) in [6.07, 6.45) is 0.859. The number of rotatable bonds is 4. The van der Waals surface area contributed by atoms with Crippen molar-refractivity contribution in [3.8, 4) is 5.75 Å². The standard InChI is InChI=1S/C21H19N3O3S/c25-18-13-16-9-5-4-8-15(16)12-17(18)20(27)23-24-21(28)22-19(26)11-10-14-6-2-1-3-7-14/h1-9,12-13,25H,10-11H2,(H,23,27)(H2,22,24,26,28). The molecule has 142 valence electrons. The van der Waals surface area contributed by atoms with Crippen LogP contribution in [-0.2, 0) is 11.2 Å². The summed E-state index contributed by atoms with van der Waals surface area (Å²) in [5, 5.41) is 14.2. The van der Waals surface area contributed by atoms with E-state index in [1.54, 1.807) is 6.07 Å². The number of carbonyl (C=O) groups excluding carboxylic acids is 2. The van der Waals surface area contributed by atoms with Crippen LogP contribution in [0.4, 0.5) is 0 Å². The van der Waals surface area contributed by atoms with Crippen molar-refractivity contribution in [3.63, 3.8) is 0 Å². The van der Waals surface area contributed by atoms with E-state index in [4.69, 9.17) is 12.2 Å². The third kappa shape index (κ3) is 5.05. The van der Waals surface area contributed by atoms with E-state index in [1.807, 2.05) is 54.6 Å². The topological polar surface area (TPSA) is 90.5 Å². The van der Waals surface area contributed by atoms with Gasteiger partial charge in [-0.15, -0.1) is 0 Å². The summed E-state index contributed by atoms with van der Waals surface area (Å²) >= 11 is 5.02. The van der Waals surface area contributed by atoms with Crippen LogP contribution in [0.3, 0.4) is 0 Å². The Balaban J connectivity index is 1.50. The predicted octanol–water partition coefficient (Wildman–Crippen LogP) is 2.81. The van der Waals surface area contributed by atoms with Crippen molar-refractivity contribution < 1.29 is 14.7 Å². The average molecular weight is 393 g/mol. The summed E-state index contributed by atoms with van der Waals surface area (Å²) < 4.78 is 0. The summed E-state index contributed by atoms with van der Waals surface area (Å²) in [7, 11) is 0. The maximum absolute atomic E-state index is 12.3. The summed E-state index contributed by atoms with van der Waals surface area (Å²) in [4.78, 5) is 24.3. The second-order valence-corrected chi connectivity index (χ2v) is 6.57. The van der Waals surface area contributed by atoms with Gasteiger partial charge in [0, 0.05) is 6.42 Å². The first kappa shape index (κ1) is 19.3. The highest BCUT2D eigenvalue weighted by Gasteiger charge is 2.13. The Kier molecular flexibility index (Phi) is 6.18. The van der Waals surface area contributed by atoms with Gasteiger partial charge >= 0.3 is 0 Å². The molecular formula is C21H19N3O3S. The number of carbonyl (C=O) groups is 2. The molecule has 0 aliphatic rings. The monoisotopic (exact) mass is 393 g/mol. The van der Waals surface area contributed by atoms with Gasteiger partial charge in [0.15, 0.2) is 5.11 Å². The van der Waals surface area contributed by atoms with Crippen LogP contribution in [0, 0.1) is 0 Å². The second-order valence-electron chi connectivity index (χ2n) is 6.16. The number of hydrogen-bond acceptors (Lipinski definition) is 4. The van der Waals surface area contributed by atoms with Crippen LogP contribution < -0.4 is 16.2 Å². The van der Waals surface area contributed by atoms with E-state index in [-0.39, 0.29) is 28.8 Å². The summed E-state index contributed by atoms with van der Waals surface area (Å²) in [6, 6.07) is 20.1. The van der Waals surface area contributed by atoms with Gasteiger partial charge in [-0.3, -0.25) is 20.4 Å². The molecule has 0 aliphatic carbocycles. The van der Waals surface area contributed by atoms with Crippen molar-refractivity contribution in [3.05, 3.63) is 77.9 Å². The summed E-state index contributed by atoms with van der Waals surface area (Å²) in [5.41, 5.74) is 6.01. The van der Waals surface area contributed by atoms with Gasteiger partial charge in [-0.2, -0.15) is 0 Å². The molecule has 2 amide bonds. The zero-order chi connectivity index (χ0) is 19.9. The van der Waals surface area contributed by atoms with Gasteiger partial charge in [-0.05, 0) is 47.1 Å². The minimum atomic E-state index is -0.566. The fourth-order valence-corrected chi connectivity index (χ4v) is 2.88. The number of hydrazine groups is 1. The largest absolute Gasteiger partial charge is 0.507 e. The summed E-state index contributed by atoms with van der Waals surface area (Å²) in [5.74, 6) is -0.968. The Morgan fingerprint density at radius 3 is 2.25 bits per heavy atom. The molecule has 28 heavy (non-hydrogen) atoms. The summed E-state index contributed by atoms with van der Waals surface area (Å²) in [6.45, 7) is 0. The van der Waals surface area contributed by atoms with Crippen LogP contribution in [0.5, 0.6) is 5.75 Å². The van der Waals surface area contributed by atoms with Crippen LogP contribution in [0.2, 0.25) is 0 Å². The lowest BCUT2D eigenvalue weighted by molar-refractivity contribution is -0.119. The molecule has 0 fully saturated rings. The Morgan fingerprint density at radius 1 is 0.893 bits per heavy atom. The number of benzene rings is 3. The number of fused-ring (bicyclic) bond motifs is 1. The fourth-order valence-electron chi connectivity index (χ4n) is 2.71. The molecule has 0 spiro atoms. The average Bonchev–Trinajstić information content (AvgIpc) is 2.70. The third-order valence-electron chi connectivity index (χ3n) is 4.13. The van der Waals surface area contributed by atoms with Gasteiger partial charge < -0.3 is 10.4 Å². The van der Waals surface area contributed by atoms with Crippen LogP contribution in [0.1, 0.15) is 22.3 Å². The van der Waals surface area contributed by atoms with Crippen molar-refractivity contribution in [2.75, 3.05) is 0 Å². The van der Waals surface area contributed by atoms with Crippen LogP contribution in [0.25, 0.3) is 10.8 Å². The molecule has 0 bridgehead atoms. The first-order chi connectivity index (χ1) is 13.5. The van der Waals surface area contributed by atoms with Crippen LogP contribution in [-0.4, -0.2) is 22.0 Å². The minimum absolute atomic E-state index is 0.0216. The van der Waals surface area contributed by atoms with E-state index in [9.17, 15) is 14.7 Å². The molecule has 0 atom stereocenters. The molecule has 0 unspecified atom stereocenters. The molecule has 3 aromatic carbocycles. The Hall–Kier alpha value is -3.45. The van der Waals surface area contributed by atoms with E-state index < -0.39 is 5.91 Å². The smallest absolute Gasteiger partial charge is 0.273 e. The van der Waals surface area contributed by atoms with Gasteiger partial charge in [0.2, 0.25) is 5.91 Å². The lowest BCUT2D eigenvalue weighted by atomic mass is 10.1. The number of thiocarbonyl (C=S) groups is 1. The van der Waals surface area contributed by atoms with E-state index in [2.05, 4.69) is 16.2 Å². The number of phenols is 1. The number of phenolic OH excluding ortho intramolecular Hbond substituents is 1. The van der Waals surface area contributed by atoms with E-state index in [0.29, 0.717) is 6.42 Å². The Morgan fingerprint density at radius 2 is 1.54 bits per heavy atom. The number of aryl methyl sites for hydroxylation is 1. The molecule has 6 nitrogen and oxygen atoms in total. The second kappa shape index (κ2) is 8.96.